The molecule has 19 heavy (non-hydrogen) atoms. The number of hydrogen-bond acceptors (Lipinski definition) is 4. The topological polar surface area (TPSA) is 72.5 Å². The molecule has 0 bridgehead atoms. The molecular formula is C13H8Cl2N2O2. The number of carbonyl (C=O) groups is 2. The highest BCUT2D eigenvalue weighted by molar-refractivity contribution is 6.52. The fourth-order valence-corrected chi connectivity index (χ4v) is 1.94. The van der Waals surface area contributed by atoms with E-state index in [2.05, 4.69) is 4.99 Å². The van der Waals surface area contributed by atoms with E-state index in [9.17, 15) is 9.59 Å². The van der Waals surface area contributed by atoms with Crippen molar-refractivity contribution in [2.45, 2.75) is 0 Å². The lowest BCUT2D eigenvalue weighted by Crippen LogP contribution is -2.28. The first kappa shape index (κ1) is 13.5. The van der Waals surface area contributed by atoms with Gasteiger partial charge in [0.15, 0.2) is 6.29 Å². The summed E-state index contributed by atoms with van der Waals surface area (Å²) in [5.74, 6) is -0.380. The number of hydrogen-bond donors (Lipinski definition) is 1. The average Bonchev–Trinajstić information content (AvgIpc) is 2.36. The van der Waals surface area contributed by atoms with Gasteiger partial charge in [-0.1, -0.05) is 29.3 Å². The fraction of sp³-hybridized carbons (Fsp3) is 0. The summed E-state index contributed by atoms with van der Waals surface area (Å²) in [7, 11) is 0. The Bertz CT molecular complexity index is 661. The molecule has 0 fully saturated rings. The van der Waals surface area contributed by atoms with Crippen molar-refractivity contribution in [3.8, 4) is 0 Å². The van der Waals surface area contributed by atoms with Crippen LogP contribution in [0.1, 0.15) is 5.56 Å². The molecular weight excluding hydrogens is 287 g/mol. The van der Waals surface area contributed by atoms with Crippen LogP contribution in [0.5, 0.6) is 0 Å². The molecule has 0 unspecified atom stereocenters. The summed E-state index contributed by atoms with van der Waals surface area (Å²) in [6.45, 7) is 0. The minimum atomic E-state index is -0.380. The summed E-state index contributed by atoms with van der Waals surface area (Å²) in [5.41, 5.74) is 6.47. The van der Waals surface area contributed by atoms with Crippen molar-refractivity contribution in [2.24, 2.45) is 10.7 Å². The Morgan fingerprint density at radius 2 is 2.05 bits per heavy atom. The smallest absolute Gasteiger partial charge is 0.206 e. The van der Waals surface area contributed by atoms with Crippen LogP contribution in [0.2, 0.25) is 10.0 Å². The third kappa shape index (κ3) is 2.75. The van der Waals surface area contributed by atoms with Crippen molar-refractivity contribution in [3.05, 3.63) is 51.3 Å². The molecule has 0 spiro atoms. The largest absolute Gasteiger partial charge is 0.395 e. The lowest BCUT2D eigenvalue weighted by Gasteiger charge is -2.12. The minimum Gasteiger partial charge on any atom is -0.395 e. The first-order chi connectivity index (χ1) is 9.02. The summed E-state index contributed by atoms with van der Waals surface area (Å²) >= 11 is 11.7. The van der Waals surface area contributed by atoms with E-state index in [1.807, 2.05) is 0 Å². The molecule has 0 saturated heterocycles. The van der Waals surface area contributed by atoms with Gasteiger partial charge in [0.1, 0.15) is 11.4 Å². The van der Waals surface area contributed by atoms with Gasteiger partial charge in [-0.3, -0.25) is 9.59 Å². The normalized spacial score (nSPS) is 14.3. The van der Waals surface area contributed by atoms with Crippen LogP contribution in [0.15, 0.2) is 40.7 Å². The molecule has 0 atom stereocenters. The fourth-order valence-electron chi connectivity index (χ4n) is 1.47. The second-order valence-corrected chi connectivity index (χ2v) is 4.58. The number of ketones is 1. The van der Waals surface area contributed by atoms with Gasteiger partial charge in [-0.05, 0) is 29.8 Å². The maximum atomic E-state index is 11.7. The van der Waals surface area contributed by atoms with Gasteiger partial charge in [0.25, 0.3) is 0 Å². The predicted molar refractivity (Wildman–Crippen MR) is 75.2 cm³/mol. The van der Waals surface area contributed by atoms with Gasteiger partial charge < -0.3 is 5.73 Å². The summed E-state index contributed by atoms with van der Waals surface area (Å²) in [4.78, 5) is 25.9. The lowest BCUT2D eigenvalue weighted by molar-refractivity contribution is -0.108. The van der Waals surface area contributed by atoms with Crippen molar-refractivity contribution < 1.29 is 9.59 Å². The second-order valence-electron chi connectivity index (χ2n) is 3.74. The predicted octanol–water partition coefficient (Wildman–Crippen LogP) is 2.40. The Balaban J connectivity index is 2.12. The number of allylic oxidation sites excluding steroid dienone is 3. The highest BCUT2D eigenvalue weighted by Gasteiger charge is 2.23. The molecule has 1 aromatic carbocycles. The summed E-state index contributed by atoms with van der Waals surface area (Å²) in [6, 6.07) is 4.93. The number of rotatable bonds is 4. The molecule has 1 heterocycles. The Hall–Kier alpha value is -1.91. The van der Waals surface area contributed by atoms with Crippen LogP contribution in [0, 0.1) is 0 Å². The van der Waals surface area contributed by atoms with Crippen LogP contribution < -0.4 is 5.73 Å². The maximum Gasteiger partial charge on any atom is 0.206 e. The molecule has 0 aliphatic carbocycles. The number of benzene rings is 1. The minimum absolute atomic E-state index is 0.0865. The Morgan fingerprint density at radius 1 is 1.32 bits per heavy atom. The summed E-state index contributed by atoms with van der Waals surface area (Å²) in [6.07, 6.45) is 3.34. The van der Waals surface area contributed by atoms with Gasteiger partial charge >= 0.3 is 0 Å². The zero-order valence-electron chi connectivity index (χ0n) is 9.56. The molecule has 6 heteroatoms. The first-order valence-corrected chi connectivity index (χ1v) is 6.00. The standard InChI is InChI=1S/C13H8Cl2N2O2/c14-8-3-1-7(9(15)5-8)2-4-11(19)13-12(16)10(6-18)17-13/h1-6H,16H2/b4-2+. The molecule has 1 aromatic rings. The number of nitrogens with two attached hydrogens (primary N) is 1. The van der Waals surface area contributed by atoms with Crippen LogP contribution in [0.4, 0.5) is 0 Å². The molecule has 0 aromatic heterocycles. The SMILES string of the molecule is NC1=C(C=O)N=C1C(=O)/C=C/c1ccc(Cl)cc1Cl. The highest BCUT2D eigenvalue weighted by Crippen LogP contribution is 2.22. The van der Waals surface area contributed by atoms with Crippen molar-refractivity contribution in [1.82, 2.24) is 0 Å². The lowest BCUT2D eigenvalue weighted by atomic mass is 10.1. The van der Waals surface area contributed by atoms with E-state index < -0.39 is 0 Å². The van der Waals surface area contributed by atoms with Crippen molar-refractivity contribution in [1.29, 1.82) is 0 Å². The summed E-state index contributed by atoms with van der Waals surface area (Å²) in [5, 5.41) is 0.948. The van der Waals surface area contributed by atoms with Crippen LogP contribution >= 0.6 is 23.2 Å². The summed E-state index contributed by atoms with van der Waals surface area (Å²) < 4.78 is 0. The highest BCUT2D eigenvalue weighted by atomic mass is 35.5. The molecule has 1 aliphatic heterocycles. The van der Waals surface area contributed by atoms with Gasteiger partial charge in [-0.25, -0.2) is 4.99 Å². The van der Waals surface area contributed by atoms with Crippen molar-refractivity contribution >= 4 is 47.1 Å². The molecule has 96 valence electrons. The molecule has 0 saturated carbocycles. The third-order valence-electron chi connectivity index (χ3n) is 2.49. The Morgan fingerprint density at radius 3 is 2.63 bits per heavy atom. The van der Waals surface area contributed by atoms with Gasteiger partial charge in [0, 0.05) is 10.0 Å². The molecule has 2 rings (SSSR count). The van der Waals surface area contributed by atoms with Crippen LogP contribution in [0.3, 0.4) is 0 Å². The Labute approximate surface area is 119 Å². The number of carbonyl (C=O) groups excluding carboxylic acids is 2. The first-order valence-electron chi connectivity index (χ1n) is 5.24. The quantitative estimate of drug-likeness (QED) is 0.684. The van der Waals surface area contributed by atoms with Gasteiger partial charge in [0.05, 0.1) is 5.70 Å². The third-order valence-corrected chi connectivity index (χ3v) is 3.05. The van der Waals surface area contributed by atoms with Gasteiger partial charge in [-0.2, -0.15) is 0 Å². The van der Waals surface area contributed by atoms with Crippen molar-refractivity contribution in [2.75, 3.05) is 0 Å². The second kappa shape index (κ2) is 5.38. The zero-order chi connectivity index (χ0) is 14.0. The molecule has 0 radical (unpaired) electrons. The molecule has 2 N–H and O–H groups in total. The van der Waals surface area contributed by atoms with E-state index in [1.165, 1.54) is 12.2 Å². The van der Waals surface area contributed by atoms with E-state index in [0.717, 1.165) is 0 Å². The maximum absolute atomic E-state index is 11.7. The molecule has 1 aliphatic rings. The van der Waals surface area contributed by atoms with Crippen LogP contribution in [-0.2, 0) is 9.59 Å². The van der Waals surface area contributed by atoms with Gasteiger partial charge in [0.2, 0.25) is 5.78 Å². The molecule has 4 nitrogen and oxygen atoms in total. The Kier molecular flexibility index (Phi) is 3.83. The monoisotopic (exact) mass is 294 g/mol. The zero-order valence-corrected chi connectivity index (χ0v) is 11.1. The van der Waals surface area contributed by atoms with E-state index >= 15 is 0 Å². The number of halogens is 2. The van der Waals surface area contributed by atoms with Crippen molar-refractivity contribution in [3.63, 3.8) is 0 Å². The number of nitrogens with zero attached hydrogens (tertiary/aromatic N) is 1. The van der Waals surface area contributed by atoms with E-state index in [1.54, 1.807) is 18.2 Å². The van der Waals surface area contributed by atoms with E-state index in [4.69, 9.17) is 28.9 Å². The van der Waals surface area contributed by atoms with Gasteiger partial charge in [-0.15, -0.1) is 0 Å². The average molecular weight is 295 g/mol. The van der Waals surface area contributed by atoms with Crippen LogP contribution in [-0.4, -0.2) is 17.8 Å². The number of aldehydes is 1. The van der Waals surface area contributed by atoms with Crippen LogP contribution in [0.25, 0.3) is 6.08 Å². The number of aliphatic imine (C=N–C) groups is 1. The van der Waals surface area contributed by atoms with E-state index in [0.29, 0.717) is 21.9 Å². The van der Waals surface area contributed by atoms with E-state index in [-0.39, 0.29) is 22.9 Å². The molecule has 0 amide bonds.